The molecule has 0 unspecified atom stereocenters. The van der Waals surface area contributed by atoms with Gasteiger partial charge < -0.3 is 10.3 Å². The van der Waals surface area contributed by atoms with Gasteiger partial charge >= 0.3 is 0 Å². The predicted molar refractivity (Wildman–Crippen MR) is 42.8 cm³/mol. The highest BCUT2D eigenvalue weighted by Crippen LogP contribution is 2.09. The topological polar surface area (TPSA) is 59.1 Å². The lowest BCUT2D eigenvalue weighted by Gasteiger charge is -1.86. The number of aromatic nitrogens is 1. The van der Waals surface area contributed by atoms with Crippen LogP contribution in [0.25, 0.3) is 0 Å². The Kier molecular flexibility index (Phi) is 6.16. The molecule has 0 aromatic carbocycles. The van der Waals surface area contributed by atoms with Gasteiger partial charge in [-0.3, -0.25) is 4.98 Å². The molecule has 0 radical (unpaired) electrons. The third-order valence-electron chi connectivity index (χ3n) is 0.740. The first-order chi connectivity index (χ1) is 4.93. The van der Waals surface area contributed by atoms with E-state index in [1.54, 1.807) is 24.5 Å². The van der Waals surface area contributed by atoms with Crippen LogP contribution in [0.1, 0.15) is 0 Å². The first kappa shape index (κ1) is 9.42. The zero-order valence-corrected chi connectivity index (χ0v) is 6.51. The largest absolute Gasteiger partial charge is 0.333 e. The van der Waals surface area contributed by atoms with Crippen LogP contribution in [0.15, 0.2) is 29.4 Å². The van der Waals surface area contributed by atoms with E-state index in [2.05, 4.69) is 10.7 Å². The van der Waals surface area contributed by atoms with Crippen LogP contribution in [-0.2, 0) is 0 Å². The van der Waals surface area contributed by atoms with Gasteiger partial charge in [0.1, 0.15) is 0 Å². The maximum absolute atomic E-state index is 8.41. The molecule has 0 amide bonds. The second-order valence-electron chi connectivity index (χ2n) is 1.28. The Morgan fingerprint density at radius 1 is 1.60 bits per heavy atom. The van der Waals surface area contributed by atoms with E-state index in [1.165, 1.54) is 7.05 Å². The molecule has 1 rings (SSSR count). The maximum atomic E-state index is 8.41. The van der Waals surface area contributed by atoms with Gasteiger partial charge in [0.15, 0.2) is 0 Å². The molecular formula is C6H10N2OS. The molecule has 1 heterocycles. The van der Waals surface area contributed by atoms with Crippen molar-refractivity contribution in [3.8, 4) is 0 Å². The lowest BCUT2D eigenvalue weighted by Crippen LogP contribution is -1.69. The predicted octanol–water partition coefficient (Wildman–Crippen LogP) is 1.22. The van der Waals surface area contributed by atoms with Crippen LogP contribution in [0.4, 0.5) is 0 Å². The fraction of sp³-hybridized carbons (Fsp3) is 0.167. The van der Waals surface area contributed by atoms with Crippen LogP contribution in [-0.4, -0.2) is 16.6 Å². The highest BCUT2D eigenvalue weighted by atomic mass is 32.2. The minimum atomic E-state index is 0.706. The standard InChI is InChI=1S/C5H5NOS.CH5N/c7-8-5-2-1-3-6-4-5;1-2/h1-4,7H;2H2,1H3. The minimum absolute atomic E-state index is 0.706. The van der Waals surface area contributed by atoms with Crippen molar-refractivity contribution < 1.29 is 4.55 Å². The molecule has 56 valence electrons. The molecule has 0 saturated carbocycles. The van der Waals surface area contributed by atoms with Gasteiger partial charge in [-0.1, -0.05) is 0 Å². The summed E-state index contributed by atoms with van der Waals surface area (Å²) in [4.78, 5) is 4.55. The smallest absolute Gasteiger partial charge is 0.0534 e. The SMILES string of the molecule is CN.OSc1cccnc1. The molecule has 0 bridgehead atoms. The number of rotatable bonds is 1. The highest BCUT2D eigenvalue weighted by molar-refractivity contribution is 7.93. The summed E-state index contributed by atoms with van der Waals surface area (Å²) >= 11 is 0.706. The van der Waals surface area contributed by atoms with E-state index in [4.69, 9.17) is 4.55 Å². The second-order valence-corrected chi connectivity index (χ2v) is 1.93. The summed E-state index contributed by atoms with van der Waals surface area (Å²) in [5, 5.41) is 0. The minimum Gasteiger partial charge on any atom is -0.333 e. The van der Waals surface area contributed by atoms with Gasteiger partial charge in [0.25, 0.3) is 0 Å². The maximum Gasteiger partial charge on any atom is 0.0534 e. The number of hydrogen-bond donors (Lipinski definition) is 2. The zero-order valence-electron chi connectivity index (χ0n) is 5.69. The van der Waals surface area contributed by atoms with Gasteiger partial charge in [-0.25, -0.2) is 0 Å². The van der Waals surface area contributed by atoms with Crippen molar-refractivity contribution in [3.63, 3.8) is 0 Å². The molecule has 0 aliphatic rings. The summed E-state index contributed by atoms with van der Waals surface area (Å²) in [6.45, 7) is 0. The quantitative estimate of drug-likeness (QED) is 0.603. The molecule has 0 spiro atoms. The molecule has 4 heteroatoms. The van der Waals surface area contributed by atoms with Crippen molar-refractivity contribution in [2.24, 2.45) is 5.73 Å². The van der Waals surface area contributed by atoms with E-state index in [9.17, 15) is 0 Å². The van der Waals surface area contributed by atoms with Gasteiger partial charge in [0.05, 0.1) is 4.90 Å². The Morgan fingerprint density at radius 3 is 2.60 bits per heavy atom. The number of nitrogens with zero attached hydrogens (tertiary/aromatic N) is 1. The van der Waals surface area contributed by atoms with Crippen molar-refractivity contribution in [3.05, 3.63) is 24.5 Å². The number of nitrogens with two attached hydrogens (primary N) is 1. The Balaban J connectivity index is 0.000000371. The van der Waals surface area contributed by atoms with E-state index >= 15 is 0 Å². The van der Waals surface area contributed by atoms with E-state index in [0.29, 0.717) is 12.0 Å². The van der Waals surface area contributed by atoms with E-state index in [0.717, 1.165) is 4.90 Å². The Bertz CT molecular complexity index is 157. The number of hydrogen-bond acceptors (Lipinski definition) is 4. The van der Waals surface area contributed by atoms with Crippen LogP contribution in [0.5, 0.6) is 0 Å². The van der Waals surface area contributed by atoms with Crippen LogP contribution >= 0.6 is 12.0 Å². The summed E-state index contributed by atoms with van der Waals surface area (Å²) in [6.07, 6.45) is 3.27. The van der Waals surface area contributed by atoms with Gasteiger partial charge in [0.2, 0.25) is 0 Å². The molecule has 1 aromatic heterocycles. The number of pyridine rings is 1. The van der Waals surface area contributed by atoms with E-state index in [-0.39, 0.29) is 0 Å². The molecule has 1 aromatic rings. The molecule has 0 saturated heterocycles. The van der Waals surface area contributed by atoms with Crippen molar-refractivity contribution in [1.82, 2.24) is 4.98 Å². The zero-order chi connectivity index (χ0) is 7.82. The molecule has 3 nitrogen and oxygen atoms in total. The second kappa shape index (κ2) is 6.54. The first-order valence-electron chi connectivity index (χ1n) is 2.72. The van der Waals surface area contributed by atoms with Crippen molar-refractivity contribution in [1.29, 1.82) is 0 Å². The molecule has 0 aliphatic carbocycles. The molecular weight excluding hydrogens is 148 g/mol. The molecule has 10 heavy (non-hydrogen) atoms. The summed E-state index contributed by atoms with van der Waals surface area (Å²) in [6, 6.07) is 3.57. The molecule has 3 N–H and O–H groups in total. The normalized spacial score (nSPS) is 7.90. The summed E-state index contributed by atoms with van der Waals surface area (Å²) in [5.74, 6) is 0. The molecule has 0 atom stereocenters. The third kappa shape index (κ3) is 3.45. The monoisotopic (exact) mass is 158 g/mol. The van der Waals surface area contributed by atoms with Crippen LogP contribution in [0.2, 0.25) is 0 Å². The molecule has 0 fully saturated rings. The Morgan fingerprint density at radius 2 is 2.30 bits per heavy atom. The average Bonchev–Trinajstić information content (AvgIpc) is 2.10. The van der Waals surface area contributed by atoms with Crippen molar-refractivity contribution in [2.75, 3.05) is 7.05 Å². The Hall–Kier alpha value is -0.580. The fourth-order valence-corrected chi connectivity index (χ4v) is 0.649. The summed E-state index contributed by atoms with van der Waals surface area (Å²) in [5.41, 5.74) is 4.50. The lowest BCUT2D eigenvalue weighted by atomic mass is 10.5. The van der Waals surface area contributed by atoms with Gasteiger partial charge in [-0.2, -0.15) is 0 Å². The lowest BCUT2D eigenvalue weighted by molar-refractivity contribution is 0.663. The van der Waals surface area contributed by atoms with E-state index < -0.39 is 0 Å². The molecule has 0 aliphatic heterocycles. The van der Waals surface area contributed by atoms with Crippen LogP contribution < -0.4 is 5.73 Å². The van der Waals surface area contributed by atoms with Crippen molar-refractivity contribution in [2.45, 2.75) is 4.90 Å². The highest BCUT2D eigenvalue weighted by Gasteiger charge is 1.83. The van der Waals surface area contributed by atoms with Crippen LogP contribution in [0.3, 0.4) is 0 Å². The Labute approximate surface area is 64.5 Å². The van der Waals surface area contributed by atoms with Gasteiger partial charge in [-0.15, -0.1) is 0 Å². The first-order valence-corrected chi connectivity index (χ1v) is 3.50. The van der Waals surface area contributed by atoms with Gasteiger partial charge in [0, 0.05) is 24.4 Å². The fourth-order valence-electron chi connectivity index (χ4n) is 0.401. The van der Waals surface area contributed by atoms with Crippen LogP contribution in [0, 0.1) is 0 Å². The van der Waals surface area contributed by atoms with Gasteiger partial charge in [-0.05, 0) is 19.2 Å². The third-order valence-corrected chi connectivity index (χ3v) is 1.19. The summed E-state index contributed by atoms with van der Waals surface area (Å²) < 4.78 is 8.41. The summed E-state index contributed by atoms with van der Waals surface area (Å²) in [7, 11) is 1.50. The van der Waals surface area contributed by atoms with Crippen molar-refractivity contribution >= 4 is 12.0 Å². The average molecular weight is 158 g/mol. The van der Waals surface area contributed by atoms with E-state index in [1.807, 2.05) is 0 Å².